The van der Waals surface area contributed by atoms with Crippen molar-refractivity contribution in [2.45, 2.75) is 36.7 Å². The standard InChI is InChI=1S/C19H21BrN2O4S/c1-12(15-5-3-4-6-16(15)20)21-19(23)13-7-10-17(26-2)18(11-13)27(24,25)22-14-8-9-14/h3-7,10-12,14,22H,8-9H2,1-2H3,(H,21,23)/t12-/m0/s1. The van der Waals surface area contributed by atoms with Crippen molar-refractivity contribution < 1.29 is 17.9 Å². The van der Waals surface area contributed by atoms with E-state index in [9.17, 15) is 13.2 Å². The fourth-order valence-electron chi connectivity index (χ4n) is 2.70. The van der Waals surface area contributed by atoms with Crippen LogP contribution in [0.5, 0.6) is 5.75 Å². The fraction of sp³-hybridized carbons (Fsp3) is 0.316. The summed E-state index contributed by atoms with van der Waals surface area (Å²) < 4.78 is 33.9. The van der Waals surface area contributed by atoms with Gasteiger partial charge in [-0.05, 0) is 49.6 Å². The molecular formula is C19H21BrN2O4S. The molecule has 0 spiro atoms. The van der Waals surface area contributed by atoms with Gasteiger partial charge in [0, 0.05) is 16.1 Å². The molecule has 6 nitrogen and oxygen atoms in total. The van der Waals surface area contributed by atoms with Crippen LogP contribution in [0.3, 0.4) is 0 Å². The van der Waals surface area contributed by atoms with E-state index >= 15 is 0 Å². The highest BCUT2D eigenvalue weighted by Crippen LogP contribution is 2.29. The second-order valence-electron chi connectivity index (χ2n) is 6.48. The highest BCUT2D eigenvalue weighted by atomic mass is 79.9. The van der Waals surface area contributed by atoms with Gasteiger partial charge in [0.05, 0.1) is 13.2 Å². The molecule has 0 aromatic heterocycles. The predicted octanol–water partition coefficient (Wildman–Crippen LogP) is 3.39. The molecule has 27 heavy (non-hydrogen) atoms. The van der Waals surface area contributed by atoms with Gasteiger partial charge in [0.25, 0.3) is 5.91 Å². The average Bonchev–Trinajstić information content (AvgIpc) is 3.44. The van der Waals surface area contributed by atoms with Gasteiger partial charge in [0.15, 0.2) is 0 Å². The van der Waals surface area contributed by atoms with Crippen molar-refractivity contribution in [3.05, 3.63) is 58.1 Å². The molecule has 1 fully saturated rings. The van der Waals surface area contributed by atoms with Crippen molar-refractivity contribution in [3.8, 4) is 5.75 Å². The monoisotopic (exact) mass is 452 g/mol. The molecule has 0 heterocycles. The first kappa shape index (κ1) is 19.9. The Labute approximate surface area is 167 Å². The van der Waals surface area contributed by atoms with Crippen molar-refractivity contribution in [2.75, 3.05) is 7.11 Å². The van der Waals surface area contributed by atoms with E-state index < -0.39 is 10.0 Å². The molecule has 0 unspecified atom stereocenters. The van der Waals surface area contributed by atoms with Crippen LogP contribution in [0.2, 0.25) is 0 Å². The molecule has 2 aromatic rings. The summed E-state index contributed by atoms with van der Waals surface area (Å²) in [7, 11) is -2.34. The Morgan fingerprint density at radius 2 is 1.93 bits per heavy atom. The molecule has 2 N–H and O–H groups in total. The Kier molecular flexibility index (Phi) is 5.88. The zero-order chi connectivity index (χ0) is 19.6. The van der Waals surface area contributed by atoms with E-state index in [0.717, 1.165) is 22.9 Å². The number of rotatable bonds is 7. The number of carbonyl (C=O) groups is 1. The van der Waals surface area contributed by atoms with Gasteiger partial charge < -0.3 is 10.1 Å². The van der Waals surface area contributed by atoms with Gasteiger partial charge >= 0.3 is 0 Å². The van der Waals surface area contributed by atoms with Crippen molar-refractivity contribution in [1.82, 2.24) is 10.0 Å². The summed E-state index contributed by atoms with van der Waals surface area (Å²) in [6.07, 6.45) is 1.65. The third-order valence-corrected chi connectivity index (χ3v) is 6.60. The normalized spacial score (nSPS) is 15.2. The minimum atomic E-state index is -3.75. The summed E-state index contributed by atoms with van der Waals surface area (Å²) in [5, 5.41) is 2.90. The van der Waals surface area contributed by atoms with Crippen LogP contribution in [0.25, 0.3) is 0 Å². The fourth-order valence-corrected chi connectivity index (χ4v) is 4.82. The SMILES string of the molecule is COc1ccc(C(=O)N[C@@H](C)c2ccccc2Br)cc1S(=O)(=O)NC1CC1. The van der Waals surface area contributed by atoms with E-state index in [4.69, 9.17) is 4.74 Å². The largest absolute Gasteiger partial charge is 0.495 e. The third kappa shape index (κ3) is 4.69. The van der Waals surface area contributed by atoms with Gasteiger partial charge in [-0.2, -0.15) is 0 Å². The first-order valence-electron chi connectivity index (χ1n) is 8.57. The first-order chi connectivity index (χ1) is 12.8. The van der Waals surface area contributed by atoms with Gasteiger partial charge in [-0.15, -0.1) is 0 Å². The maximum absolute atomic E-state index is 12.7. The van der Waals surface area contributed by atoms with Gasteiger partial charge in [-0.1, -0.05) is 34.1 Å². The number of hydrogen-bond acceptors (Lipinski definition) is 4. The summed E-state index contributed by atoms with van der Waals surface area (Å²) >= 11 is 3.47. The van der Waals surface area contributed by atoms with Crippen molar-refractivity contribution in [1.29, 1.82) is 0 Å². The molecule has 144 valence electrons. The van der Waals surface area contributed by atoms with Crippen LogP contribution in [0, 0.1) is 0 Å². The van der Waals surface area contributed by atoms with Crippen LogP contribution in [0.4, 0.5) is 0 Å². The molecule has 3 rings (SSSR count). The molecule has 1 saturated carbocycles. The molecule has 0 bridgehead atoms. The van der Waals surface area contributed by atoms with E-state index in [1.165, 1.54) is 19.2 Å². The Bertz CT molecular complexity index is 958. The van der Waals surface area contributed by atoms with Crippen molar-refractivity contribution in [3.63, 3.8) is 0 Å². The Morgan fingerprint density at radius 1 is 1.22 bits per heavy atom. The zero-order valence-corrected chi connectivity index (χ0v) is 17.4. The predicted molar refractivity (Wildman–Crippen MR) is 106 cm³/mol. The smallest absolute Gasteiger partial charge is 0.251 e. The second kappa shape index (κ2) is 8.00. The molecule has 0 radical (unpaired) electrons. The Hall–Kier alpha value is -1.90. The van der Waals surface area contributed by atoms with Gasteiger partial charge in [-0.25, -0.2) is 13.1 Å². The number of amides is 1. The lowest BCUT2D eigenvalue weighted by atomic mass is 10.1. The van der Waals surface area contributed by atoms with Gasteiger partial charge in [-0.3, -0.25) is 4.79 Å². The molecular weight excluding hydrogens is 432 g/mol. The number of hydrogen-bond donors (Lipinski definition) is 2. The number of halogens is 1. The molecule has 1 aliphatic carbocycles. The third-order valence-electron chi connectivity index (χ3n) is 4.33. The van der Waals surface area contributed by atoms with Crippen molar-refractivity contribution >= 4 is 31.9 Å². The Morgan fingerprint density at radius 3 is 2.56 bits per heavy atom. The van der Waals surface area contributed by atoms with Crippen LogP contribution in [-0.2, 0) is 10.0 Å². The summed E-state index contributed by atoms with van der Waals surface area (Å²) in [4.78, 5) is 12.6. The second-order valence-corrected chi connectivity index (χ2v) is 9.01. The summed E-state index contributed by atoms with van der Waals surface area (Å²) in [5.74, 6) is -0.151. The highest BCUT2D eigenvalue weighted by Gasteiger charge is 2.30. The summed E-state index contributed by atoms with van der Waals surface area (Å²) in [6, 6.07) is 11.7. The Balaban J connectivity index is 1.85. The number of nitrogens with one attached hydrogen (secondary N) is 2. The van der Waals surface area contributed by atoms with Crippen LogP contribution >= 0.6 is 15.9 Å². The molecule has 2 aromatic carbocycles. The van der Waals surface area contributed by atoms with Crippen molar-refractivity contribution in [2.24, 2.45) is 0 Å². The molecule has 0 saturated heterocycles. The van der Waals surface area contributed by atoms with E-state index in [1.807, 2.05) is 31.2 Å². The van der Waals surface area contributed by atoms with E-state index in [1.54, 1.807) is 6.07 Å². The van der Waals surface area contributed by atoms with Crippen LogP contribution < -0.4 is 14.8 Å². The van der Waals surface area contributed by atoms with E-state index in [0.29, 0.717) is 0 Å². The maximum Gasteiger partial charge on any atom is 0.251 e. The maximum atomic E-state index is 12.7. The number of methoxy groups -OCH3 is 1. The minimum absolute atomic E-state index is 0.0295. The number of benzene rings is 2. The molecule has 1 atom stereocenters. The number of sulfonamides is 1. The molecule has 1 aliphatic rings. The zero-order valence-electron chi connectivity index (χ0n) is 15.0. The van der Waals surface area contributed by atoms with E-state index in [2.05, 4.69) is 26.0 Å². The molecule has 0 aliphatic heterocycles. The highest BCUT2D eigenvalue weighted by molar-refractivity contribution is 9.10. The quantitative estimate of drug-likeness (QED) is 0.673. The first-order valence-corrected chi connectivity index (χ1v) is 10.8. The average molecular weight is 453 g/mol. The van der Waals surface area contributed by atoms with Gasteiger partial charge in [0.2, 0.25) is 10.0 Å². The van der Waals surface area contributed by atoms with Gasteiger partial charge in [0.1, 0.15) is 10.6 Å². The van der Waals surface area contributed by atoms with Crippen LogP contribution in [0.15, 0.2) is 51.8 Å². The number of ether oxygens (including phenoxy) is 1. The molecule has 8 heteroatoms. The lowest BCUT2D eigenvalue weighted by molar-refractivity contribution is 0.0939. The topological polar surface area (TPSA) is 84.5 Å². The number of carbonyl (C=O) groups excluding carboxylic acids is 1. The van der Waals surface area contributed by atoms with Crippen LogP contribution in [-0.4, -0.2) is 27.5 Å². The van der Waals surface area contributed by atoms with Crippen LogP contribution in [0.1, 0.15) is 41.7 Å². The summed E-state index contributed by atoms with van der Waals surface area (Å²) in [5.41, 5.74) is 1.19. The lowest BCUT2D eigenvalue weighted by Gasteiger charge is -2.17. The lowest BCUT2D eigenvalue weighted by Crippen LogP contribution is -2.28. The minimum Gasteiger partial charge on any atom is -0.495 e. The summed E-state index contributed by atoms with van der Waals surface area (Å²) in [6.45, 7) is 1.87. The van der Waals surface area contributed by atoms with E-state index in [-0.39, 0.29) is 34.2 Å². The molecule has 1 amide bonds.